The maximum absolute atomic E-state index is 6.17. The first-order valence-electron chi connectivity index (χ1n) is 9.04. The van der Waals surface area contributed by atoms with Gasteiger partial charge in [0.05, 0.1) is 0 Å². The summed E-state index contributed by atoms with van der Waals surface area (Å²) in [7, 11) is 0. The lowest BCUT2D eigenvalue weighted by molar-refractivity contribution is 0.589. The van der Waals surface area contributed by atoms with Gasteiger partial charge in [-0.05, 0) is 34.7 Å². The molecule has 0 fully saturated rings. The maximum Gasteiger partial charge on any atom is 0.227 e. The third-order valence-corrected chi connectivity index (χ3v) is 4.73. The number of oxazole rings is 1. The van der Waals surface area contributed by atoms with E-state index in [2.05, 4.69) is 81.4 Å². The van der Waals surface area contributed by atoms with Gasteiger partial charge in [-0.2, -0.15) is 0 Å². The van der Waals surface area contributed by atoms with Crippen LogP contribution in [0, 0.1) is 0 Å². The second kappa shape index (κ2) is 6.45. The molecule has 0 atom stereocenters. The zero-order chi connectivity index (χ0) is 18.1. The van der Waals surface area contributed by atoms with Crippen LogP contribution in [0.15, 0.2) is 77.2 Å². The molecule has 1 aromatic heterocycles. The fourth-order valence-corrected chi connectivity index (χ4v) is 3.20. The van der Waals surface area contributed by atoms with Crippen LogP contribution in [0.25, 0.3) is 22.6 Å². The van der Waals surface area contributed by atoms with E-state index in [1.807, 2.05) is 12.1 Å². The van der Waals surface area contributed by atoms with Crippen molar-refractivity contribution < 1.29 is 4.42 Å². The van der Waals surface area contributed by atoms with E-state index < -0.39 is 0 Å². The molecule has 26 heavy (non-hydrogen) atoms. The summed E-state index contributed by atoms with van der Waals surface area (Å²) in [6.45, 7) is 6.66. The van der Waals surface area contributed by atoms with Gasteiger partial charge in [0, 0.05) is 17.5 Å². The summed E-state index contributed by atoms with van der Waals surface area (Å²) in [5.74, 6) is 0.681. The number of hydrogen-bond donors (Lipinski definition) is 0. The van der Waals surface area contributed by atoms with Gasteiger partial charge in [-0.1, -0.05) is 75.4 Å². The topological polar surface area (TPSA) is 26.0 Å². The second-order valence-electron chi connectivity index (χ2n) is 7.77. The van der Waals surface area contributed by atoms with Crippen LogP contribution in [0.4, 0.5) is 0 Å². The molecule has 130 valence electrons. The molecule has 2 heteroatoms. The lowest BCUT2D eigenvalue weighted by Gasteiger charge is -2.18. The summed E-state index contributed by atoms with van der Waals surface area (Å²) in [6, 6.07) is 25.2. The normalized spacial score (nSPS) is 11.8. The highest BCUT2D eigenvalue weighted by atomic mass is 16.3. The highest BCUT2D eigenvalue weighted by molar-refractivity contribution is 5.79. The molecule has 0 saturated carbocycles. The Morgan fingerprint density at radius 3 is 2.23 bits per heavy atom. The van der Waals surface area contributed by atoms with Crippen molar-refractivity contribution in [3.05, 3.63) is 89.5 Å². The van der Waals surface area contributed by atoms with Crippen LogP contribution in [-0.2, 0) is 11.8 Å². The fourth-order valence-electron chi connectivity index (χ4n) is 3.20. The smallest absolute Gasteiger partial charge is 0.227 e. The van der Waals surface area contributed by atoms with E-state index in [1.165, 1.54) is 16.7 Å². The molecule has 4 rings (SSSR count). The molecule has 0 aliphatic rings. The van der Waals surface area contributed by atoms with Crippen LogP contribution in [0.2, 0.25) is 0 Å². The van der Waals surface area contributed by atoms with Crippen molar-refractivity contribution in [2.45, 2.75) is 32.6 Å². The molecular formula is C24H23NO. The monoisotopic (exact) mass is 341 g/mol. The highest BCUT2D eigenvalue weighted by Crippen LogP contribution is 2.30. The third-order valence-electron chi connectivity index (χ3n) is 4.73. The predicted octanol–water partition coefficient (Wildman–Crippen LogP) is 6.38. The van der Waals surface area contributed by atoms with Gasteiger partial charge >= 0.3 is 0 Å². The number of para-hydroxylation sites is 1. The summed E-state index contributed by atoms with van der Waals surface area (Å²) in [5, 5.41) is 0. The van der Waals surface area contributed by atoms with E-state index in [9.17, 15) is 0 Å². The summed E-state index contributed by atoms with van der Waals surface area (Å²) in [6.07, 6.45) is 0.843. The lowest BCUT2D eigenvalue weighted by atomic mass is 9.87. The van der Waals surface area contributed by atoms with E-state index >= 15 is 0 Å². The standard InChI is InChI=1S/C24H23NO/c1-24(2,3)20-14-12-18(13-15-20)23-25-21-11-7-10-19(22(21)26-23)16-17-8-5-4-6-9-17/h4-15H,16H2,1-3H3. The van der Waals surface area contributed by atoms with Crippen LogP contribution in [0.3, 0.4) is 0 Å². The number of rotatable bonds is 3. The number of hydrogen-bond acceptors (Lipinski definition) is 2. The van der Waals surface area contributed by atoms with Crippen molar-refractivity contribution in [3.8, 4) is 11.5 Å². The Labute approximate surface area is 154 Å². The first-order valence-corrected chi connectivity index (χ1v) is 9.04. The molecule has 0 aliphatic carbocycles. The largest absolute Gasteiger partial charge is 0.436 e. The van der Waals surface area contributed by atoms with Crippen molar-refractivity contribution in [2.24, 2.45) is 0 Å². The Hall–Kier alpha value is -2.87. The van der Waals surface area contributed by atoms with Gasteiger partial charge in [-0.25, -0.2) is 4.98 Å². The Bertz CT molecular complexity index is 1020. The molecule has 1 heterocycles. The Balaban J connectivity index is 1.71. The van der Waals surface area contributed by atoms with Crippen LogP contribution in [-0.4, -0.2) is 4.98 Å². The second-order valence-corrected chi connectivity index (χ2v) is 7.77. The van der Waals surface area contributed by atoms with Gasteiger partial charge in [0.1, 0.15) is 5.52 Å². The molecular weight excluding hydrogens is 318 g/mol. The molecule has 3 aromatic carbocycles. The van der Waals surface area contributed by atoms with E-state index in [4.69, 9.17) is 9.40 Å². The summed E-state index contributed by atoms with van der Waals surface area (Å²) in [4.78, 5) is 4.71. The van der Waals surface area contributed by atoms with Crippen molar-refractivity contribution in [3.63, 3.8) is 0 Å². The van der Waals surface area contributed by atoms with Crippen molar-refractivity contribution in [2.75, 3.05) is 0 Å². The van der Waals surface area contributed by atoms with Crippen LogP contribution in [0.5, 0.6) is 0 Å². The van der Waals surface area contributed by atoms with Crippen molar-refractivity contribution >= 4 is 11.1 Å². The minimum absolute atomic E-state index is 0.142. The Morgan fingerprint density at radius 2 is 1.54 bits per heavy atom. The molecule has 4 aromatic rings. The first kappa shape index (κ1) is 16.6. The average molecular weight is 341 g/mol. The van der Waals surface area contributed by atoms with Gasteiger partial charge in [0.2, 0.25) is 5.89 Å². The van der Waals surface area contributed by atoms with Gasteiger partial charge in [0.25, 0.3) is 0 Å². The molecule has 0 radical (unpaired) electrons. The van der Waals surface area contributed by atoms with Crippen LogP contribution < -0.4 is 0 Å². The van der Waals surface area contributed by atoms with E-state index in [1.54, 1.807) is 0 Å². The first-order chi connectivity index (χ1) is 12.5. The van der Waals surface area contributed by atoms with E-state index in [-0.39, 0.29) is 5.41 Å². The average Bonchev–Trinajstić information content (AvgIpc) is 3.07. The molecule has 0 aliphatic heterocycles. The van der Waals surface area contributed by atoms with Gasteiger partial charge in [0.15, 0.2) is 5.58 Å². The predicted molar refractivity (Wildman–Crippen MR) is 107 cm³/mol. The summed E-state index contributed by atoms with van der Waals surface area (Å²) in [5.41, 5.74) is 6.69. The quantitative estimate of drug-likeness (QED) is 0.432. The summed E-state index contributed by atoms with van der Waals surface area (Å²) < 4.78 is 6.17. The Kier molecular flexibility index (Phi) is 4.12. The zero-order valence-corrected chi connectivity index (χ0v) is 15.5. The molecule has 0 bridgehead atoms. The molecule has 2 nitrogen and oxygen atoms in total. The summed E-state index contributed by atoms with van der Waals surface area (Å²) >= 11 is 0. The van der Waals surface area contributed by atoms with Crippen LogP contribution >= 0.6 is 0 Å². The van der Waals surface area contributed by atoms with E-state index in [0.717, 1.165) is 23.1 Å². The molecule has 0 unspecified atom stereocenters. The Morgan fingerprint density at radius 1 is 0.808 bits per heavy atom. The molecule has 0 N–H and O–H groups in total. The van der Waals surface area contributed by atoms with Crippen molar-refractivity contribution in [1.29, 1.82) is 0 Å². The number of aromatic nitrogens is 1. The van der Waals surface area contributed by atoms with Crippen LogP contribution in [0.1, 0.15) is 37.5 Å². The van der Waals surface area contributed by atoms with Gasteiger partial charge in [-0.3, -0.25) is 0 Å². The molecule has 0 spiro atoms. The zero-order valence-electron chi connectivity index (χ0n) is 15.5. The van der Waals surface area contributed by atoms with Gasteiger partial charge < -0.3 is 4.42 Å². The lowest BCUT2D eigenvalue weighted by Crippen LogP contribution is -2.10. The molecule has 0 amide bonds. The SMILES string of the molecule is CC(C)(C)c1ccc(-c2nc3cccc(Cc4ccccc4)c3o2)cc1. The minimum atomic E-state index is 0.142. The number of nitrogens with zero attached hydrogens (tertiary/aromatic N) is 1. The number of fused-ring (bicyclic) bond motifs is 1. The maximum atomic E-state index is 6.17. The highest BCUT2D eigenvalue weighted by Gasteiger charge is 2.15. The van der Waals surface area contributed by atoms with Gasteiger partial charge in [-0.15, -0.1) is 0 Å². The van der Waals surface area contributed by atoms with E-state index in [0.29, 0.717) is 5.89 Å². The fraction of sp³-hybridized carbons (Fsp3) is 0.208. The van der Waals surface area contributed by atoms with Crippen molar-refractivity contribution in [1.82, 2.24) is 4.98 Å². The molecule has 0 saturated heterocycles. The number of benzene rings is 3. The third kappa shape index (κ3) is 3.28. The minimum Gasteiger partial charge on any atom is -0.436 e.